The van der Waals surface area contributed by atoms with E-state index < -0.39 is 23.9 Å². The molecule has 2 heterocycles. The fourth-order valence-corrected chi connectivity index (χ4v) is 3.14. The number of rotatable bonds is 5. The summed E-state index contributed by atoms with van der Waals surface area (Å²) in [5, 5.41) is 13.7. The Morgan fingerprint density at radius 2 is 2.12 bits per heavy atom. The second-order valence-corrected chi connectivity index (χ2v) is 5.96. The van der Waals surface area contributed by atoms with E-state index in [0.29, 0.717) is 5.82 Å². The highest BCUT2D eigenvalue weighted by atomic mass is 19.4. The van der Waals surface area contributed by atoms with E-state index >= 15 is 0 Å². The van der Waals surface area contributed by atoms with Gasteiger partial charge in [0, 0.05) is 19.7 Å². The fourth-order valence-electron chi connectivity index (χ4n) is 3.14. The van der Waals surface area contributed by atoms with Gasteiger partial charge >= 0.3 is 6.18 Å². The predicted molar refractivity (Wildman–Crippen MR) is 80.2 cm³/mol. The van der Waals surface area contributed by atoms with Crippen LogP contribution in [0.1, 0.15) is 35.3 Å². The standard InChI is InChI=1S/C16H18F3N3O3/c1-24-9-14-20-15(25-21-14)8-22-7-10(23)6-13(22)11-4-2-3-5-12(11)16(17,18)19/h2-5,10,13,23H,6-9H2,1H3/t10-,13-/m0/s1. The number of nitrogens with zero attached hydrogens (tertiary/aromatic N) is 3. The van der Waals surface area contributed by atoms with Crippen LogP contribution in [-0.4, -0.2) is 39.9 Å². The van der Waals surface area contributed by atoms with Crippen molar-refractivity contribution in [1.82, 2.24) is 15.0 Å². The van der Waals surface area contributed by atoms with E-state index in [1.165, 1.54) is 19.2 Å². The molecule has 2 aromatic rings. The van der Waals surface area contributed by atoms with Gasteiger partial charge in [0.15, 0.2) is 5.82 Å². The molecule has 3 rings (SSSR count). The number of aliphatic hydroxyl groups excluding tert-OH is 1. The molecule has 136 valence electrons. The number of likely N-dealkylation sites (tertiary alicyclic amines) is 1. The molecule has 25 heavy (non-hydrogen) atoms. The molecule has 9 heteroatoms. The number of alkyl halides is 3. The number of halogens is 3. The van der Waals surface area contributed by atoms with E-state index in [2.05, 4.69) is 10.1 Å². The van der Waals surface area contributed by atoms with E-state index in [-0.39, 0.29) is 37.6 Å². The third-order valence-electron chi connectivity index (χ3n) is 4.13. The quantitative estimate of drug-likeness (QED) is 0.887. The van der Waals surface area contributed by atoms with Gasteiger partial charge in [0.2, 0.25) is 5.89 Å². The Morgan fingerprint density at radius 1 is 1.36 bits per heavy atom. The van der Waals surface area contributed by atoms with Crippen LogP contribution in [0, 0.1) is 0 Å². The highest BCUT2D eigenvalue weighted by Gasteiger charge is 2.40. The molecule has 0 spiro atoms. The van der Waals surface area contributed by atoms with Crippen LogP contribution in [0.3, 0.4) is 0 Å². The number of β-amino-alcohol motifs (C(OH)–C–C–N with tert-alkyl or cyclic N) is 1. The Hall–Kier alpha value is -1.97. The average molecular weight is 357 g/mol. The molecule has 1 aromatic carbocycles. The van der Waals surface area contributed by atoms with Gasteiger partial charge in [-0.15, -0.1) is 0 Å². The molecule has 0 amide bonds. The number of aliphatic hydroxyl groups is 1. The summed E-state index contributed by atoms with van der Waals surface area (Å²) in [7, 11) is 1.50. The summed E-state index contributed by atoms with van der Waals surface area (Å²) in [6, 6.07) is 4.85. The summed E-state index contributed by atoms with van der Waals surface area (Å²) in [4.78, 5) is 5.86. The van der Waals surface area contributed by atoms with Gasteiger partial charge in [-0.3, -0.25) is 4.90 Å². The van der Waals surface area contributed by atoms with Gasteiger partial charge in [0.1, 0.15) is 6.61 Å². The van der Waals surface area contributed by atoms with Crippen LogP contribution < -0.4 is 0 Å². The van der Waals surface area contributed by atoms with E-state index in [9.17, 15) is 18.3 Å². The van der Waals surface area contributed by atoms with Gasteiger partial charge in [-0.2, -0.15) is 18.2 Å². The number of methoxy groups -OCH3 is 1. The van der Waals surface area contributed by atoms with Crippen molar-refractivity contribution < 1.29 is 27.5 Å². The molecule has 1 fully saturated rings. The summed E-state index contributed by atoms with van der Waals surface area (Å²) in [5.74, 6) is 0.639. The zero-order valence-corrected chi connectivity index (χ0v) is 13.5. The van der Waals surface area contributed by atoms with Gasteiger partial charge < -0.3 is 14.4 Å². The molecule has 6 nitrogen and oxygen atoms in total. The van der Waals surface area contributed by atoms with Gasteiger partial charge in [-0.25, -0.2) is 0 Å². The Bertz CT molecular complexity index is 720. The molecule has 0 radical (unpaired) electrons. The summed E-state index contributed by atoms with van der Waals surface area (Å²) in [6.45, 7) is 0.579. The van der Waals surface area contributed by atoms with Crippen LogP contribution in [0.5, 0.6) is 0 Å². The molecule has 0 saturated carbocycles. The lowest BCUT2D eigenvalue weighted by molar-refractivity contribution is -0.138. The van der Waals surface area contributed by atoms with Crippen molar-refractivity contribution in [2.75, 3.05) is 13.7 Å². The molecule has 0 aliphatic carbocycles. The number of hydrogen-bond acceptors (Lipinski definition) is 6. The number of benzene rings is 1. The maximum absolute atomic E-state index is 13.3. The first-order chi connectivity index (χ1) is 11.9. The van der Waals surface area contributed by atoms with Crippen molar-refractivity contribution in [2.45, 2.75) is 37.9 Å². The molecule has 1 saturated heterocycles. The Morgan fingerprint density at radius 3 is 2.84 bits per heavy atom. The fraction of sp³-hybridized carbons (Fsp3) is 0.500. The SMILES string of the molecule is COCc1noc(CN2C[C@@H](O)C[C@H]2c2ccccc2C(F)(F)F)n1. The van der Waals surface area contributed by atoms with Crippen molar-refractivity contribution in [3.63, 3.8) is 0 Å². The minimum atomic E-state index is -4.45. The van der Waals surface area contributed by atoms with Gasteiger partial charge in [-0.1, -0.05) is 23.4 Å². The number of aromatic nitrogens is 2. The van der Waals surface area contributed by atoms with Gasteiger partial charge in [0.05, 0.1) is 18.2 Å². The topological polar surface area (TPSA) is 71.6 Å². The molecule has 1 N–H and O–H groups in total. The first-order valence-electron chi connectivity index (χ1n) is 7.77. The average Bonchev–Trinajstić information content (AvgIpc) is 3.14. The van der Waals surface area contributed by atoms with E-state index in [1.54, 1.807) is 11.0 Å². The smallest absolute Gasteiger partial charge is 0.392 e. The van der Waals surface area contributed by atoms with Crippen molar-refractivity contribution >= 4 is 0 Å². The second kappa shape index (κ2) is 7.11. The van der Waals surface area contributed by atoms with Crippen molar-refractivity contribution in [1.29, 1.82) is 0 Å². The van der Waals surface area contributed by atoms with Gasteiger partial charge in [0.25, 0.3) is 0 Å². The highest BCUT2D eigenvalue weighted by Crippen LogP contribution is 2.40. The van der Waals surface area contributed by atoms with Gasteiger partial charge in [-0.05, 0) is 18.1 Å². The number of hydrogen-bond donors (Lipinski definition) is 1. The van der Waals surface area contributed by atoms with Crippen LogP contribution in [0.2, 0.25) is 0 Å². The Balaban J connectivity index is 1.85. The Kier molecular flexibility index (Phi) is 5.07. The Labute approximate surface area is 142 Å². The molecule has 1 aliphatic heterocycles. The maximum atomic E-state index is 13.3. The zero-order valence-electron chi connectivity index (χ0n) is 13.5. The van der Waals surface area contributed by atoms with E-state index in [0.717, 1.165) is 6.07 Å². The van der Waals surface area contributed by atoms with Crippen LogP contribution in [-0.2, 0) is 24.1 Å². The normalized spacial score (nSPS) is 21.8. The van der Waals surface area contributed by atoms with E-state index in [1.807, 2.05) is 0 Å². The monoisotopic (exact) mass is 357 g/mol. The lowest BCUT2D eigenvalue weighted by atomic mass is 9.97. The zero-order chi connectivity index (χ0) is 18.0. The minimum absolute atomic E-state index is 0.142. The maximum Gasteiger partial charge on any atom is 0.416 e. The van der Waals surface area contributed by atoms with Crippen LogP contribution in [0.15, 0.2) is 28.8 Å². The summed E-state index contributed by atoms with van der Waals surface area (Å²) in [6.07, 6.45) is -4.95. The minimum Gasteiger partial charge on any atom is -0.392 e. The lowest BCUT2D eigenvalue weighted by Gasteiger charge is -2.25. The van der Waals surface area contributed by atoms with Crippen molar-refractivity contribution in [3.8, 4) is 0 Å². The third-order valence-corrected chi connectivity index (χ3v) is 4.13. The van der Waals surface area contributed by atoms with Crippen molar-refractivity contribution in [3.05, 3.63) is 47.1 Å². The molecule has 0 bridgehead atoms. The summed E-state index contributed by atoms with van der Waals surface area (Å²) in [5.41, 5.74) is -0.548. The van der Waals surface area contributed by atoms with Crippen LogP contribution >= 0.6 is 0 Å². The third kappa shape index (κ3) is 4.00. The first kappa shape index (κ1) is 17.8. The molecular weight excluding hydrogens is 339 g/mol. The largest absolute Gasteiger partial charge is 0.416 e. The van der Waals surface area contributed by atoms with Crippen LogP contribution in [0.4, 0.5) is 13.2 Å². The summed E-state index contributed by atoms with van der Waals surface area (Å²) < 4.78 is 49.9. The first-order valence-corrected chi connectivity index (χ1v) is 7.77. The molecule has 0 unspecified atom stereocenters. The highest BCUT2D eigenvalue weighted by molar-refractivity contribution is 5.33. The van der Waals surface area contributed by atoms with Crippen LogP contribution in [0.25, 0.3) is 0 Å². The van der Waals surface area contributed by atoms with E-state index in [4.69, 9.17) is 9.26 Å². The summed E-state index contributed by atoms with van der Waals surface area (Å²) >= 11 is 0. The van der Waals surface area contributed by atoms with Crippen molar-refractivity contribution in [2.24, 2.45) is 0 Å². The molecule has 1 aliphatic rings. The predicted octanol–water partition coefficient (Wildman–Crippen LogP) is 2.54. The molecular formula is C16H18F3N3O3. The lowest BCUT2D eigenvalue weighted by Crippen LogP contribution is -2.26. The second-order valence-electron chi connectivity index (χ2n) is 5.96. The molecule has 2 atom stereocenters. The molecule has 1 aromatic heterocycles. The number of ether oxygens (including phenoxy) is 1.